The second-order valence-corrected chi connectivity index (χ2v) is 7.01. The second kappa shape index (κ2) is 7.84. The van der Waals surface area contributed by atoms with Crippen LogP contribution in [0.1, 0.15) is 30.3 Å². The van der Waals surface area contributed by atoms with Gasteiger partial charge in [0.1, 0.15) is 6.33 Å². The van der Waals surface area contributed by atoms with E-state index in [-0.39, 0.29) is 6.04 Å². The fraction of sp³-hybridized carbons (Fsp3) is 0.238. The monoisotopic (exact) mass is 385 g/mol. The average molecular weight is 385 g/mol. The first-order valence-corrected chi connectivity index (χ1v) is 9.55. The molecule has 0 aliphatic carbocycles. The van der Waals surface area contributed by atoms with Crippen molar-refractivity contribution in [3.8, 4) is 22.6 Å². The molecule has 0 bridgehead atoms. The molecule has 144 valence electrons. The van der Waals surface area contributed by atoms with Crippen molar-refractivity contribution >= 4 is 0 Å². The molecule has 29 heavy (non-hydrogen) atoms. The lowest BCUT2D eigenvalue weighted by molar-refractivity contribution is 0.201. The summed E-state index contributed by atoms with van der Waals surface area (Å²) in [7, 11) is 0. The summed E-state index contributed by atoms with van der Waals surface area (Å²) in [4.78, 5) is 23.8. The summed E-state index contributed by atoms with van der Waals surface area (Å²) >= 11 is 0. The van der Waals surface area contributed by atoms with E-state index in [0.717, 1.165) is 42.8 Å². The van der Waals surface area contributed by atoms with E-state index in [0.29, 0.717) is 11.7 Å². The van der Waals surface area contributed by atoms with Crippen molar-refractivity contribution in [2.24, 2.45) is 0 Å². The van der Waals surface area contributed by atoms with E-state index in [1.807, 2.05) is 24.4 Å². The third-order valence-corrected chi connectivity index (χ3v) is 5.08. The highest BCUT2D eigenvalue weighted by Gasteiger charge is 2.30. The standard InChI is InChI=1S/C21H19N7O/c1-3-15(9-22-7-1)13-28-8-2-4-19(28)21-26-20(27-29-21)16-5-6-18(25-12-16)17-10-23-14-24-11-17/h1,3,5-7,9-12,14,19H,2,4,8,13H2/t19-/m0/s1. The predicted molar refractivity (Wildman–Crippen MR) is 105 cm³/mol. The molecule has 4 aromatic rings. The van der Waals surface area contributed by atoms with Gasteiger partial charge in [-0.2, -0.15) is 4.98 Å². The molecule has 1 aliphatic rings. The van der Waals surface area contributed by atoms with E-state index in [1.165, 1.54) is 11.9 Å². The molecule has 5 rings (SSSR count). The van der Waals surface area contributed by atoms with Crippen LogP contribution < -0.4 is 0 Å². The Bertz CT molecular complexity index is 1070. The number of pyridine rings is 2. The Kier molecular flexibility index (Phi) is 4.75. The first-order chi connectivity index (χ1) is 14.4. The zero-order valence-electron chi connectivity index (χ0n) is 15.7. The molecule has 1 saturated heterocycles. The van der Waals surface area contributed by atoms with Crippen LogP contribution >= 0.6 is 0 Å². The van der Waals surface area contributed by atoms with Crippen molar-refractivity contribution in [2.75, 3.05) is 6.54 Å². The molecule has 0 N–H and O–H groups in total. The highest BCUT2D eigenvalue weighted by molar-refractivity contribution is 5.61. The van der Waals surface area contributed by atoms with Crippen molar-refractivity contribution in [3.63, 3.8) is 0 Å². The lowest BCUT2D eigenvalue weighted by Gasteiger charge is -2.21. The topological polar surface area (TPSA) is 93.7 Å². The lowest BCUT2D eigenvalue weighted by Crippen LogP contribution is -2.23. The van der Waals surface area contributed by atoms with Gasteiger partial charge in [0.2, 0.25) is 11.7 Å². The summed E-state index contributed by atoms with van der Waals surface area (Å²) in [5.41, 5.74) is 3.67. The number of hydrogen-bond donors (Lipinski definition) is 0. The van der Waals surface area contributed by atoms with E-state index in [9.17, 15) is 0 Å². The lowest BCUT2D eigenvalue weighted by atomic mass is 10.2. The quantitative estimate of drug-likeness (QED) is 0.516. The van der Waals surface area contributed by atoms with Crippen molar-refractivity contribution in [2.45, 2.75) is 25.4 Å². The largest absolute Gasteiger partial charge is 0.337 e. The summed E-state index contributed by atoms with van der Waals surface area (Å²) in [5, 5.41) is 4.19. The molecule has 0 aromatic carbocycles. The number of rotatable bonds is 5. The van der Waals surface area contributed by atoms with Crippen LogP contribution in [0.3, 0.4) is 0 Å². The molecule has 5 heterocycles. The molecular formula is C21H19N7O. The molecule has 1 aliphatic heterocycles. The predicted octanol–water partition coefficient (Wildman–Crippen LogP) is 3.32. The second-order valence-electron chi connectivity index (χ2n) is 7.01. The minimum atomic E-state index is 0.130. The Hall–Kier alpha value is -3.52. The Labute approximate surface area is 167 Å². The molecule has 8 nitrogen and oxygen atoms in total. The summed E-state index contributed by atoms with van der Waals surface area (Å²) < 4.78 is 5.62. The molecule has 4 aromatic heterocycles. The molecule has 0 saturated carbocycles. The van der Waals surface area contributed by atoms with Gasteiger partial charge < -0.3 is 4.52 Å². The Morgan fingerprint density at radius 2 is 1.93 bits per heavy atom. The minimum absolute atomic E-state index is 0.130. The van der Waals surface area contributed by atoms with Crippen LogP contribution in [0.4, 0.5) is 0 Å². The molecule has 0 unspecified atom stereocenters. The maximum absolute atomic E-state index is 5.62. The average Bonchev–Trinajstić information content (AvgIpc) is 3.45. The van der Waals surface area contributed by atoms with Crippen molar-refractivity contribution in [1.29, 1.82) is 0 Å². The van der Waals surface area contributed by atoms with Gasteiger partial charge in [-0.15, -0.1) is 0 Å². The van der Waals surface area contributed by atoms with E-state index in [4.69, 9.17) is 4.52 Å². The molecule has 0 spiro atoms. The Balaban J connectivity index is 1.33. The smallest absolute Gasteiger partial charge is 0.244 e. The molecule has 1 atom stereocenters. The SMILES string of the molecule is c1cncc(CN2CCC[C@H]2c2nc(-c3ccc(-c4cncnc4)nc3)no2)c1. The summed E-state index contributed by atoms with van der Waals surface area (Å²) in [5.74, 6) is 1.21. The van der Waals surface area contributed by atoms with Crippen LogP contribution in [-0.4, -0.2) is 41.5 Å². The first-order valence-electron chi connectivity index (χ1n) is 9.55. The molecule has 0 amide bonds. The molecule has 0 radical (unpaired) electrons. The molecule has 8 heteroatoms. The number of likely N-dealkylation sites (tertiary alicyclic amines) is 1. The van der Waals surface area contributed by atoms with E-state index < -0.39 is 0 Å². The van der Waals surface area contributed by atoms with Gasteiger partial charge in [0.25, 0.3) is 0 Å². The van der Waals surface area contributed by atoms with Gasteiger partial charge in [-0.05, 0) is 43.1 Å². The first kappa shape index (κ1) is 17.6. The molecular weight excluding hydrogens is 366 g/mol. The number of nitrogens with zero attached hydrogens (tertiary/aromatic N) is 7. The summed E-state index contributed by atoms with van der Waals surface area (Å²) in [6.07, 6.45) is 12.5. The fourth-order valence-electron chi connectivity index (χ4n) is 3.64. The maximum Gasteiger partial charge on any atom is 0.244 e. The van der Waals surface area contributed by atoms with Gasteiger partial charge in [0.05, 0.1) is 11.7 Å². The van der Waals surface area contributed by atoms with E-state index in [1.54, 1.807) is 24.8 Å². The maximum atomic E-state index is 5.62. The van der Waals surface area contributed by atoms with Gasteiger partial charge in [-0.1, -0.05) is 11.2 Å². The van der Waals surface area contributed by atoms with Crippen molar-refractivity contribution < 1.29 is 4.52 Å². The number of hydrogen-bond acceptors (Lipinski definition) is 8. The van der Waals surface area contributed by atoms with Crippen molar-refractivity contribution in [3.05, 3.63) is 73.0 Å². The minimum Gasteiger partial charge on any atom is -0.337 e. The van der Waals surface area contributed by atoms with Gasteiger partial charge >= 0.3 is 0 Å². The van der Waals surface area contributed by atoms with Crippen LogP contribution in [0.25, 0.3) is 22.6 Å². The third-order valence-electron chi connectivity index (χ3n) is 5.08. The Morgan fingerprint density at radius 3 is 2.72 bits per heavy atom. The van der Waals surface area contributed by atoms with Gasteiger partial charge in [0, 0.05) is 48.7 Å². The summed E-state index contributed by atoms with van der Waals surface area (Å²) in [6, 6.07) is 8.03. The third kappa shape index (κ3) is 3.74. The van der Waals surface area contributed by atoms with Crippen LogP contribution in [0, 0.1) is 0 Å². The van der Waals surface area contributed by atoms with E-state index in [2.05, 4.69) is 41.0 Å². The Morgan fingerprint density at radius 1 is 1.00 bits per heavy atom. The van der Waals surface area contributed by atoms with Crippen LogP contribution in [-0.2, 0) is 6.54 Å². The van der Waals surface area contributed by atoms with E-state index >= 15 is 0 Å². The zero-order valence-corrected chi connectivity index (χ0v) is 15.7. The van der Waals surface area contributed by atoms with Crippen LogP contribution in [0.5, 0.6) is 0 Å². The van der Waals surface area contributed by atoms with Gasteiger partial charge in [0.15, 0.2) is 0 Å². The highest BCUT2D eigenvalue weighted by Crippen LogP contribution is 2.33. The highest BCUT2D eigenvalue weighted by atomic mass is 16.5. The normalized spacial score (nSPS) is 16.9. The van der Waals surface area contributed by atoms with Gasteiger partial charge in [-0.3, -0.25) is 14.9 Å². The number of aromatic nitrogens is 6. The van der Waals surface area contributed by atoms with Crippen LogP contribution in [0.2, 0.25) is 0 Å². The molecule has 1 fully saturated rings. The van der Waals surface area contributed by atoms with Crippen molar-refractivity contribution in [1.82, 2.24) is 35.0 Å². The fourth-order valence-corrected chi connectivity index (χ4v) is 3.64. The van der Waals surface area contributed by atoms with Gasteiger partial charge in [-0.25, -0.2) is 9.97 Å². The zero-order chi connectivity index (χ0) is 19.5. The summed E-state index contributed by atoms with van der Waals surface area (Å²) in [6.45, 7) is 1.83. The van der Waals surface area contributed by atoms with Crippen LogP contribution in [0.15, 0.2) is 66.1 Å².